The average Bonchev–Trinajstić information content (AvgIpc) is 3.44. The fraction of sp³-hybridized carbons (Fsp3) is 0.158. The van der Waals surface area contributed by atoms with Crippen LogP contribution in [0.3, 0.4) is 0 Å². The molecule has 0 radical (unpaired) electrons. The Labute approximate surface area is 163 Å². The molecule has 8 heteroatoms. The van der Waals surface area contributed by atoms with Gasteiger partial charge in [-0.25, -0.2) is 4.98 Å². The molecule has 1 amide bonds. The van der Waals surface area contributed by atoms with Gasteiger partial charge >= 0.3 is 0 Å². The Kier molecular flexibility index (Phi) is 5.36. The van der Waals surface area contributed by atoms with Gasteiger partial charge in [-0.3, -0.25) is 4.79 Å². The second kappa shape index (κ2) is 8.24. The van der Waals surface area contributed by atoms with E-state index in [0.717, 1.165) is 16.1 Å². The monoisotopic (exact) mass is 396 g/mol. The van der Waals surface area contributed by atoms with Crippen molar-refractivity contribution in [2.75, 3.05) is 5.32 Å². The first-order valence-electron chi connectivity index (χ1n) is 8.45. The van der Waals surface area contributed by atoms with Gasteiger partial charge in [0, 0.05) is 23.8 Å². The number of amides is 1. The molecule has 4 rings (SSSR count). The zero-order chi connectivity index (χ0) is 18.5. The number of hydrogen-bond donors (Lipinski definition) is 1. The van der Waals surface area contributed by atoms with E-state index in [9.17, 15) is 4.79 Å². The van der Waals surface area contributed by atoms with E-state index < -0.39 is 0 Å². The number of aromatic nitrogens is 3. The number of benzene rings is 1. The third-order valence-electron chi connectivity index (χ3n) is 3.82. The number of carbonyl (C=O) groups is 1. The lowest BCUT2D eigenvalue weighted by Crippen LogP contribution is -2.11. The van der Waals surface area contributed by atoms with Crippen LogP contribution in [-0.2, 0) is 11.2 Å². The molecule has 0 aliphatic heterocycles. The van der Waals surface area contributed by atoms with Gasteiger partial charge in [-0.15, -0.1) is 22.7 Å². The van der Waals surface area contributed by atoms with Crippen molar-refractivity contribution in [1.82, 2.24) is 15.1 Å². The molecule has 0 unspecified atom stereocenters. The Morgan fingerprint density at radius 3 is 2.78 bits per heavy atom. The lowest BCUT2D eigenvalue weighted by atomic mass is 10.2. The normalized spacial score (nSPS) is 10.8. The number of carbonyl (C=O) groups excluding carboxylic acids is 1. The minimum absolute atomic E-state index is 0.0676. The summed E-state index contributed by atoms with van der Waals surface area (Å²) in [6.45, 7) is 0. The molecule has 27 heavy (non-hydrogen) atoms. The molecule has 136 valence electrons. The number of thiophene rings is 1. The third kappa shape index (κ3) is 4.47. The molecule has 6 nitrogen and oxygen atoms in total. The Bertz CT molecular complexity index is 1010. The summed E-state index contributed by atoms with van der Waals surface area (Å²) in [7, 11) is 0. The van der Waals surface area contributed by atoms with Gasteiger partial charge in [0.2, 0.25) is 17.6 Å². The van der Waals surface area contributed by atoms with E-state index in [0.29, 0.717) is 36.1 Å². The SMILES string of the molecule is O=C(CCCc1nc(-c2cccs2)no1)Nc1nc(-c2ccccc2)cs1. The molecule has 3 aromatic heterocycles. The van der Waals surface area contributed by atoms with Crippen LogP contribution in [0.5, 0.6) is 0 Å². The van der Waals surface area contributed by atoms with Crippen molar-refractivity contribution >= 4 is 33.7 Å². The molecule has 0 atom stereocenters. The Hall–Kier alpha value is -2.84. The summed E-state index contributed by atoms with van der Waals surface area (Å²) in [5.41, 5.74) is 1.90. The van der Waals surface area contributed by atoms with Crippen molar-refractivity contribution in [3.63, 3.8) is 0 Å². The van der Waals surface area contributed by atoms with E-state index in [-0.39, 0.29) is 5.91 Å². The van der Waals surface area contributed by atoms with Gasteiger partial charge in [0.1, 0.15) is 0 Å². The van der Waals surface area contributed by atoms with Gasteiger partial charge in [0.05, 0.1) is 10.6 Å². The number of anilines is 1. The van der Waals surface area contributed by atoms with Crippen LogP contribution in [-0.4, -0.2) is 21.0 Å². The maximum Gasteiger partial charge on any atom is 0.226 e. The molecule has 4 aromatic rings. The van der Waals surface area contributed by atoms with Crippen LogP contribution in [0.4, 0.5) is 5.13 Å². The smallest absolute Gasteiger partial charge is 0.226 e. The van der Waals surface area contributed by atoms with Gasteiger partial charge < -0.3 is 9.84 Å². The Balaban J connectivity index is 1.26. The summed E-state index contributed by atoms with van der Waals surface area (Å²) in [6, 6.07) is 13.8. The van der Waals surface area contributed by atoms with Gasteiger partial charge in [-0.05, 0) is 17.9 Å². The fourth-order valence-corrected chi connectivity index (χ4v) is 3.90. The predicted molar refractivity (Wildman–Crippen MR) is 107 cm³/mol. The molecule has 0 aliphatic rings. The first kappa shape index (κ1) is 17.6. The van der Waals surface area contributed by atoms with Gasteiger partial charge in [-0.1, -0.05) is 41.6 Å². The van der Waals surface area contributed by atoms with Crippen molar-refractivity contribution in [1.29, 1.82) is 0 Å². The highest BCUT2D eigenvalue weighted by Gasteiger charge is 2.11. The van der Waals surface area contributed by atoms with E-state index in [4.69, 9.17) is 4.52 Å². The molecule has 0 fully saturated rings. The van der Waals surface area contributed by atoms with Crippen LogP contribution in [0.15, 0.2) is 57.7 Å². The number of thiazole rings is 1. The molecule has 3 heterocycles. The van der Waals surface area contributed by atoms with Crippen LogP contribution in [0.2, 0.25) is 0 Å². The molecule has 0 aliphatic carbocycles. The van der Waals surface area contributed by atoms with Gasteiger partial charge in [-0.2, -0.15) is 4.98 Å². The highest BCUT2D eigenvalue weighted by Crippen LogP contribution is 2.25. The largest absolute Gasteiger partial charge is 0.339 e. The summed E-state index contributed by atoms with van der Waals surface area (Å²) < 4.78 is 5.24. The van der Waals surface area contributed by atoms with E-state index in [1.54, 1.807) is 11.3 Å². The standard InChI is InChI=1S/C19H16N4O2S2/c24-16(21-19-20-14(12-27-19)13-6-2-1-3-7-13)9-4-10-17-22-18(23-25-17)15-8-5-11-26-15/h1-3,5-8,11-12H,4,9-10H2,(H,20,21,24). The molecule has 0 saturated heterocycles. The lowest BCUT2D eigenvalue weighted by Gasteiger charge is -2.00. The number of aryl methyl sites for hydroxylation is 1. The first-order valence-corrected chi connectivity index (χ1v) is 10.2. The lowest BCUT2D eigenvalue weighted by molar-refractivity contribution is -0.116. The molecular formula is C19H16N4O2S2. The predicted octanol–water partition coefficient (Wildman–Crippen LogP) is 4.88. The highest BCUT2D eigenvalue weighted by atomic mass is 32.1. The average molecular weight is 396 g/mol. The van der Waals surface area contributed by atoms with E-state index >= 15 is 0 Å². The second-order valence-electron chi connectivity index (χ2n) is 5.79. The van der Waals surface area contributed by atoms with Crippen LogP contribution < -0.4 is 5.32 Å². The first-order chi connectivity index (χ1) is 13.3. The minimum atomic E-state index is -0.0676. The fourth-order valence-electron chi connectivity index (χ4n) is 2.52. The highest BCUT2D eigenvalue weighted by molar-refractivity contribution is 7.14. The summed E-state index contributed by atoms with van der Waals surface area (Å²) >= 11 is 2.99. The van der Waals surface area contributed by atoms with E-state index in [1.807, 2.05) is 53.2 Å². The number of nitrogens with one attached hydrogen (secondary N) is 1. The summed E-state index contributed by atoms with van der Waals surface area (Å²) in [4.78, 5) is 21.9. The molecule has 0 saturated carbocycles. The van der Waals surface area contributed by atoms with Crippen molar-refractivity contribution in [3.8, 4) is 22.0 Å². The van der Waals surface area contributed by atoms with Gasteiger partial charge in [0.25, 0.3) is 0 Å². The third-order valence-corrected chi connectivity index (χ3v) is 5.45. The topological polar surface area (TPSA) is 80.9 Å². The Morgan fingerprint density at radius 1 is 1.07 bits per heavy atom. The maximum atomic E-state index is 12.1. The van der Waals surface area contributed by atoms with Crippen LogP contribution in [0.1, 0.15) is 18.7 Å². The van der Waals surface area contributed by atoms with E-state index in [2.05, 4.69) is 20.4 Å². The van der Waals surface area contributed by atoms with Crippen LogP contribution >= 0.6 is 22.7 Å². The van der Waals surface area contributed by atoms with Crippen LogP contribution in [0, 0.1) is 0 Å². The van der Waals surface area contributed by atoms with Crippen molar-refractivity contribution in [2.24, 2.45) is 0 Å². The molecule has 1 aromatic carbocycles. The van der Waals surface area contributed by atoms with Crippen molar-refractivity contribution < 1.29 is 9.32 Å². The number of hydrogen-bond acceptors (Lipinski definition) is 7. The zero-order valence-corrected chi connectivity index (χ0v) is 15.9. The van der Waals surface area contributed by atoms with Crippen molar-refractivity contribution in [2.45, 2.75) is 19.3 Å². The molecule has 0 bridgehead atoms. The molecular weight excluding hydrogens is 380 g/mol. The molecule has 0 spiro atoms. The summed E-state index contributed by atoms with van der Waals surface area (Å²) in [5.74, 6) is 1.08. The van der Waals surface area contributed by atoms with Crippen molar-refractivity contribution in [3.05, 3.63) is 59.1 Å². The van der Waals surface area contributed by atoms with Crippen LogP contribution in [0.25, 0.3) is 22.0 Å². The van der Waals surface area contributed by atoms with Gasteiger partial charge in [0.15, 0.2) is 5.13 Å². The maximum absolute atomic E-state index is 12.1. The minimum Gasteiger partial charge on any atom is -0.339 e. The summed E-state index contributed by atoms with van der Waals surface area (Å²) in [6.07, 6.45) is 1.57. The summed E-state index contributed by atoms with van der Waals surface area (Å²) in [5, 5.41) is 11.3. The molecule has 1 N–H and O–H groups in total. The number of rotatable bonds is 7. The van der Waals surface area contributed by atoms with E-state index in [1.165, 1.54) is 11.3 Å². The second-order valence-corrected chi connectivity index (χ2v) is 7.60. The Morgan fingerprint density at radius 2 is 1.96 bits per heavy atom. The zero-order valence-electron chi connectivity index (χ0n) is 14.3. The quantitative estimate of drug-likeness (QED) is 0.481. The number of nitrogens with zero attached hydrogens (tertiary/aromatic N) is 3.